The summed E-state index contributed by atoms with van der Waals surface area (Å²) in [6.07, 6.45) is 4.25. The van der Waals surface area contributed by atoms with Crippen molar-refractivity contribution < 1.29 is 9.90 Å². The maximum Gasteiger partial charge on any atom is 0.336 e. The Hall–Kier alpha value is -3.02. The number of pyridine rings is 1. The molecular weight excluding hydrogens is 328 g/mol. The summed E-state index contributed by atoms with van der Waals surface area (Å²) < 4.78 is 1.96. The van der Waals surface area contributed by atoms with Crippen LogP contribution in [0.1, 0.15) is 47.8 Å². The first-order valence-electron chi connectivity index (χ1n) is 8.82. The van der Waals surface area contributed by atoms with E-state index in [0.29, 0.717) is 17.7 Å². The average molecular weight is 350 g/mol. The highest BCUT2D eigenvalue weighted by molar-refractivity contribution is 5.95. The minimum Gasteiger partial charge on any atom is -0.478 e. The molecule has 26 heavy (non-hydrogen) atoms. The van der Waals surface area contributed by atoms with E-state index >= 15 is 0 Å². The minimum absolute atomic E-state index is 0.253. The fourth-order valence-corrected chi connectivity index (χ4v) is 2.86. The lowest BCUT2D eigenvalue weighted by atomic mass is 10.0. The van der Waals surface area contributed by atoms with Crippen molar-refractivity contribution in [1.29, 1.82) is 0 Å². The van der Waals surface area contributed by atoms with Crippen LogP contribution in [0, 0.1) is 0 Å². The van der Waals surface area contributed by atoms with Gasteiger partial charge >= 0.3 is 5.97 Å². The molecule has 134 valence electrons. The third-order valence-corrected chi connectivity index (χ3v) is 4.16. The Morgan fingerprint density at radius 2 is 1.96 bits per heavy atom. The standard InChI is InChI=1S/C20H22N4O2/c1-3-11-24-19(22-18(4-2)23-24)12-14-9-10-17(21-13-14)15-7-5-6-8-16(15)20(25)26/h5-10,13H,3-4,11-12H2,1-2H3,(H,25,26). The van der Waals surface area contributed by atoms with Gasteiger partial charge in [-0.05, 0) is 24.1 Å². The summed E-state index contributed by atoms with van der Waals surface area (Å²) >= 11 is 0. The molecular formula is C20H22N4O2. The Kier molecular flexibility index (Phi) is 5.41. The predicted octanol–water partition coefficient (Wildman–Crippen LogP) is 3.60. The summed E-state index contributed by atoms with van der Waals surface area (Å²) in [4.78, 5) is 20.5. The molecule has 0 radical (unpaired) electrons. The molecule has 0 aliphatic heterocycles. The Balaban J connectivity index is 1.85. The normalized spacial score (nSPS) is 10.8. The quantitative estimate of drug-likeness (QED) is 0.704. The van der Waals surface area contributed by atoms with Crippen LogP contribution in [-0.2, 0) is 19.4 Å². The number of aryl methyl sites for hydroxylation is 2. The third kappa shape index (κ3) is 3.79. The highest BCUT2D eigenvalue weighted by Crippen LogP contribution is 2.22. The number of rotatable bonds is 7. The Morgan fingerprint density at radius 1 is 1.15 bits per heavy atom. The summed E-state index contributed by atoms with van der Waals surface area (Å²) in [5.74, 6) is 0.837. The van der Waals surface area contributed by atoms with E-state index < -0.39 is 5.97 Å². The molecule has 0 spiro atoms. The van der Waals surface area contributed by atoms with Gasteiger partial charge in [0, 0.05) is 31.1 Å². The Labute approximate surface area is 152 Å². The van der Waals surface area contributed by atoms with Gasteiger partial charge in [-0.25, -0.2) is 14.5 Å². The number of aromatic nitrogens is 4. The van der Waals surface area contributed by atoms with Crippen LogP contribution >= 0.6 is 0 Å². The van der Waals surface area contributed by atoms with E-state index in [1.165, 1.54) is 0 Å². The average Bonchev–Trinajstić information content (AvgIpc) is 3.04. The Bertz CT molecular complexity index is 900. The van der Waals surface area contributed by atoms with Crippen molar-refractivity contribution in [2.24, 2.45) is 0 Å². The van der Waals surface area contributed by atoms with E-state index in [4.69, 9.17) is 0 Å². The molecule has 2 aromatic heterocycles. The first-order chi connectivity index (χ1) is 12.6. The first kappa shape index (κ1) is 17.8. The zero-order chi connectivity index (χ0) is 18.5. The molecule has 0 aliphatic rings. The highest BCUT2D eigenvalue weighted by atomic mass is 16.4. The molecule has 3 aromatic rings. The molecule has 0 saturated heterocycles. The smallest absolute Gasteiger partial charge is 0.336 e. The van der Waals surface area contributed by atoms with Crippen molar-refractivity contribution in [3.8, 4) is 11.3 Å². The number of hydrogen-bond acceptors (Lipinski definition) is 4. The fraction of sp³-hybridized carbons (Fsp3) is 0.300. The molecule has 0 aliphatic carbocycles. The van der Waals surface area contributed by atoms with Crippen molar-refractivity contribution in [3.05, 3.63) is 65.4 Å². The van der Waals surface area contributed by atoms with Gasteiger partial charge in [0.15, 0.2) is 5.82 Å². The number of nitrogens with zero attached hydrogens (tertiary/aromatic N) is 4. The van der Waals surface area contributed by atoms with Gasteiger partial charge in [-0.3, -0.25) is 4.98 Å². The van der Waals surface area contributed by atoms with Crippen molar-refractivity contribution in [2.75, 3.05) is 0 Å². The second-order valence-electron chi connectivity index (χ2n) is 6.10. The molecule has 1 aromatic carbocycles. The van der Waals surface area contributed by atoms with E-state index in [1.807, 2.05) is 29.8 Å². The molecule has 1 N–H and O–H groups in total. The third-order valence-electron chi connectivity index (χ3n) is 4.16. The molecule has 3 rings (SSSR count). The second kappa shape index (κ2) is 7.91. The topological polar surface area (TPSA) is 80.9 Å². The van der Waals surface area contributed by atoms with Crippen LogP contribution in [0.3, 0.4) is 0 Å². The van der Waals surface area contributed by atoms with Crippen molar-refractivity contribution in [3.63, 3.8) is 0 Å². The zero-order valence-corrected chi connectivity index (χ0v) is 15.0. The number of carboxylic acids is 1. The maximum atomic E-state index is 11.4. The van der Waals surface area contributed by atoms with Gasteiger partial charge < -0.3 is 5.11 Å². The lowest BCUT2D eigenvalue weighted by Crippen LogP contribution is -2.06. The van der Waals surface area contributed by atoms with E-state index in [2.05, 4.69) is 22.0 Å². The van der Waals surface area contributed by atoms with E-state index in [1.54, 1.807) is 24.4 Å². The van der Waals surface area contributed by atoms with Gasteiger partial charge in [0.05, 0.1) is 11.3 Å². The predicted molar refractivity (Wildman–Crippen MR) is 99.1 cm³/mol. The van der Waals surface area contributed by atoms with Crippen LogP contribution in [0.5, 0.6) is 0 Å². The molecule has 0 saturated carbocycles. The summed E-state index contributed by atoms with van der Waals surface area (Å²) in [6.45, 7) is 5.01. The van der Waals surface area contributed by atoms with Crippen LogP contribution in [0.2, 0.25) is 0 Å². The van der Waals surface area contributed by atoms with E-state index in [-0.39, 0.29) is 5.56 Å². The highest BCUT2D eigenvalue weighted by Gasteiger charge is 2.13. The number of benzene rings is 1. The maximum absolute atomic E-state index is 11.4. The van der Waals surface area contributed by atoms with Gasteiger partial charge in [-0.15, -0.1) is 0 Å². The lowest BCUT2D eigenvalue weighted by molar-refractivity contribution is 0.0697. The van der Waals surface area contributed by atoms with Gasteiger partial charge in [0.1, 0.15) is 5.82 Å². The van der Waals surface area contributed by atoms with Gasteiger partial charge in [-0.2, -0.15) is 5.10 Å². The number of hydrogen-bond donors (Lipinski definition) is 1. The summed E-state index contributed by atoms with van der Waals surface area (Å²) in [7, 11) is 0. The van der Waals surface area contributed by atoms with Gasteiger partial charge in [0.2, 0.25) is 0 Å². The summed E-state index contributed by atoms with van der Waals surface area (Å²) in [5, 5.41) is 13.9. The van der Waals surface area contributed by atoms with E-state index in [0.717, 1.165) is 36.6 Å². The summed E-state index contributed by atoms with van der Waals surface area (Å²) in [6, 6.07) is 10.7. The van der Waals surface area contributed by atoms with Crippen LogP contribution in [0.25, 0.3) is 11.3 Å². The lowest BCUT2D eigenvalue weighted by Gasteiger charge is -2.07. The van der Waals surface area contributed by atoms with Crippen LogP contribution in [0.4, 0.5) is 0 Å². The molecule has 6 nitrogen and oxygen atoms in total. The van der Waals surface area contributed by atoms with Crippen molar-refractivity contribution >= 4 is 5.97 Å². The number of carboxylic acid groups (broad SMARTS) is 1. The zero-order valence-electron chi connectivity index (χ0n) is 15.0. The van der Waals surface area contributed by atoms with Crippen LogP contribution < -0.4 is 0 Å². The SMILES string of the molecule is CCCn1nc(CC)nc1Cc1ccc(-c2ccccc2C(=O)O)nc1. The fourth-order valence-electron chi connectivity index (χ4n) is 2.86. The van der Waals surface area contributed by atoms with Crippen molar-refractivity contribution in [1.82, 2.24) is 19.7 Å². The minimum atomic E-state index is -0.953. The number of carbonyl (C=O) groups is 1. The largest absolute Gasteiger partial charge is 0.478 e. The van der Waals surface area contributed by atoms with Gasteiger partial charge in [0.25, 0.3) is 0 Å². The molecule has 0 atom stereocenters. The monoisotopic (exact) mass is 350 g/mol. The molecule has 2 heterocycles. The molecule has 0 unspecified atom stereocenters. The number of aromatic carboxylic acids is 1. The van der Waals surface area contributed by atoms with Crippen LogP contribution in [-0.4, -0.2) is 30.8 Å². The first-order valence-corrected chi connectivity index (χ1v) is 8.82. The summed E-state index contributed by atoms with van der Waals surface area (Å²) in [5.41, 5.74) is 2.54. The molecule has 0 bridgehead atoms. The molecule has 6 heteroatoms. The molecule has 0 fully saturated rings. The van der Waals surface area contributed by atoms with Crippen molar-refractivity contribution in [2.45, 2.75) is 39.7 Å². The molecule has 0 amide bonds. The van der Waals surface area contributed by atoms with Crippen LogP contribution in [0.15, 0.2) is 42.6 Å². The Morgan fingerprint density at radius 3 is 2.62 bits per heavy atom. The van der Waals surface area contributed by atoms with Gasteiger partial charge in [-0.1, -0.05) is 38.1 Å². The van der Waals surface area contributed by atoms with E-state index in [9.17, 15) is 9.90 Å². The second-order valence-corrected chi connectivity index (χ2v) is 6.10.